The van der Waals surface area contributed by atoms with Crippen LogP contribution in [0.1, 0.15) is 29.7 Å². The van der Waals surface area contributed by atoms with E-state index >= 15 is 0 Å². The van der Waals surface area contributed by atoms with Crippen LogP contribution in [-0.2, 0) is 13.0 Å². The molecule has 4 nitrogen and oxygen atoms in total. The van der Waals surface area contributed by atoms with Crippen LogP contribution in [0, 0.1) is 6.92 Å². The zero-order valence-corrected chi connectivity index (χ0v) is 10.9. The minimum atomic E-state index is 0.723. The van der Waals surface area contributed by atoms with Gasteiger partial charge in [0.15, 0.2) is 0 Å². The second kappa shape index (κ2) is 5.72. The number of rotatable bonds is 5. The van der Waals surface area contributed by atoms with E-state index in [0.717, 1.165) is 41.6 Å². The normalized spacial score (nSPS) is 10.5. The molecule has 0 saturated carbocycles. The molecule has 2 rings (SSSR count). The first kappa shape index (κ1) is 12.0. The maximum absolute atomic E-state index is 4.40. The molecule has 2 aromatic heterocycles. The molecule has 5 heteroatoms. The molecule has 2 heterocycles. The maximum Gasteiger partial charge on any atom is 0.129 e. The molecule has 0 bridgehead atoms. The van der Waals surface area contributed by atoms with Crippen molar-refractivity contribution in [3.8, 4) is 0 Å². The van der Waals surface area contributed by atoms with Gasteiger partial charge >= 0.3 is 0 Å². The second-order valence-electron chi connectivity index (χ2n) is 3.88. The van der Waals surface area contributed by atoms with Gasteiger partial charge in [0.25, 0.3) is 0 Å². The summed E-state index contributed by atoms with van der Waals surface area (Å²) >= 11 is 1.67. The Hall–Kier alpha value is -1.49. The Balaban J connectivity index is 1.96. The van der Waals surface area contributed by atoms with Crippen molar-refractivity contribution in [1.82, 2.24) is 15.0 Å². The molecule has 1 N–H and O–H groups in total. The number of aromatic nitrogens is 3. The Kier molecular flexibility index (Phi) is 4.03. The van der Waals surface area contributed by atoms with Gasteiger partial charge in [0.1, 0.15) is 17.2 Å². The van der Waals surface area contributed by atoms with Crippen molar-refractivity contribution < 1.29 is 0 Å². The van der Waals surface area contributed by atoms with Crippen LogP contribution in [0.3, 0.4) is 0 Å². The molecule has 0 aliphatic carbocycles. The molecule has 0 spiro atoms. The quantitative estimate of drug-likeness (QED) is 0.884. The Morgan fingerprint density at radius 2 is 2.24 bits per heavy atom. The SMILES string of the molecule is CCCc1cc(NCc2nc(C)cs2)ncn1. The highest BCUT2D eigenvalue weighted by molar-refractivity contribution is 7.09. The lowest BCUT2D eigenvalue weighted by atomic mass is 10.2. The van der Waals surface area contributed by atoms with Crippen molar-refractivity contribution in [2.24, 2.45) is 0 Å². The van der Waals surface area contributed by atoms with Gasteiger partial charge < -0.3 is 5.32 Å². The van der Waals surface area contributed by atoms with E-state index in [-0.39, 0.29) is 0 Å². The van der Waals surface area contributed by atoms with Crippen LogP contribution in [0.4, 0.5) is 5.82 Å². The van der Waals surface area contributed by atoms with Crippen molar-refractivity contribution in [3.05, 3.63) is 34.2 Å². The van der Waals surface area contributed by atoms with Gasteiger partial charge in [-0.3, -0.25) is 0 Å². The Morgan fingerprint density at radius 1 is 1.35 bits per heavy atom. The molecule has 17 heavy (non-hydrogen) atoms. The van der Waals surface area contributed by atoms with Gasteiger partial charge in [-0.05, 0) is 13.3 Å². The molecule has 0 atom stereocenters. The molecule has 0 amide bonds. The van der Waals surface area contributed by atoms with Crippen LogP contribution in [0.15, 0.2) is 17.8 Å². The summed E-state index contributed by atoms with van der Waals surface area (Å²) in [6.45, 7) is 4.87. The van der Waals surface area contributed by atoms with Gasteiger partial charge in [-0.2, -0.15) is 0 Å². The fourth-order valence-electron chi connectivity index (χ4n) is 1.54. The first-order valence-electron chi connectivity index (χ1n) is 5.73. The van der Waals surface area contributed by atoms with E-state index in [1.165, 1.54) is 0 Å². The second-order valence-corrected chi connectivity index (χ2v) is 4.82. The predicted octanol–water partition coefficient (Wildman–Crippen LogP) is 2.81. The summed E-state index contributed by atoms with van der Waals surface area (Å²) in [5.41, 5.74) is 2.15. The van der Waals surface area contributed by atoms with E-state index < -0.39 is 0 Å². The third-order valence-electron chi connectivity index (χ3n) is 2.32. The van der Waals surface area contributed by atoms with Crippen LogP contribution < -0.4 is 5.32 Å². The molecule has 0 unspecified atom stereocenters. The number of nitrogens with zero attached hydrogens (tertiary/aromatic N) is 3. The van der Waals surface area contributed by atoms with Crippen LogP contribution >= 0.6 is 11.3 Å². The van der Waals surface area contributed by atoms with Gasteiger partial charge in [0.05, 0.1) is 6.54 Å². The summed E-state index contributed by atoms with van der Waals surface area (Å²) in [6.07, 6.45) is 3.70. The number of aryl methyl sites for hydroxylation is 2. The topological polar surface area (TPSA) is 50.7 Å². The fourth-order valence-corrected chi connectivity index (χ4v) is 2.25. The molecule has 0 aromatic carbocycles. The Bertz CT molecular complexity index is 481. The molecule has 2 aromatic rings. The number of hydrogen-bond acceptors (Lipinski definition) is 5. The molecule has 0 radical (unpaired) electrons. The number of hydrogen-bond donors (Lipinski definition) is 1. The van der Waals surface area contributed by atoms with E-state index in [9.17, 15) is 0 Å². The van der Waals surface area contributed by atoms with E-state index in [1.807, 2.05) is 13.0 Å². The molecule has 0 aliphatic heterocycles. The molecule has 0 aliphatic rings. The van der Waals surface area contributed by atoms with Crippen molar-refractivity contribution in [2.75, 3.05) is 5.32 Å². The smallest absolute Gasteiger partial charge is 0.129 e. The van der Waals surface area contributed by atoms with Gasteiger partial charge in [-0.15, -0.1) is 11.3 Å². The van der Waals surface area contributed by atoms with E-state index in [2.05, 4.69) is 32.6 Å². The minimum absolute atomic E-state index is 0.723. The standard InChI is InChI=1S/C12H16N4S/c1-3-4-10-5-11(15-8-14-10)13-6-12-16-9(2)7-17-12/h5,7-8H,3-4,6H2,1-2H3,(H,13,14,15). The highest BCUT2D eigenvalue weighted by Gasteiger charge is 2.01. The lowest BCUT2D eigenvalue weighted by molar-refractivity contribution is 0.871. The summed E-state index contributed by atoms with van der Waals surface area (Å²) < 4.78 is 0. The third-order valence-corrected chi connectivity index (χ3v) is 3.28. The minimum Gasteiger partial charge on any atom is -0.363 e. The summed E-state index contributed by atoms with van der Waals surface area (Å²) in [4.78, 5) is 12.8. The van der Waals surface area contributed by atoms with Crippen molar-refractivity contribution in [3.63, 3.8) is 0 Å². The van der Waals surface area contributed by atoms with Crippen molar-refractivity contribution in [1.29, 1.82) is 0 Å². The first-order valence-corrected chi connectivity index (χ1v) is 6.61. The molecular formula is C12H16N4S. The van der Waals surface area contributed by atoms with E-state index in [1.54, 1.807) is 17.7 Å². The van der Waals surface area contributed by atoms with Crippen LogP contribution in [0.25, 0.3) is 0 Å². The monoisotopic (exact) mass is 248 g/mol. The summed E-state index contributed by atoms with van der Waals surface area (Å²) in [7, 11) is 0. The number of thiazole rings is 1. The highest BCUT2D eigenvalue weighted by Crippen LogP contribution is 2.11. The molecule has 0 saturated heterocycles. The molecule has 0 fully saturated rings. The van der Waals surface area contributed by atoms with Crippen LogP contribution in [0.2, 0.25) is 0 Å². The summed E-state index contributed by atoms with van der Waals surface area (Å²) in [6, 6.07) is 2.00. The lowest BCUT2D eigenvalue weighted by Gasteiger charge is -2.04. The van der Waals surface area contributed by atoms with Crippen LogP contribution in [-0.4, -0.2) is 15.0 Å². The zero-order chi connectivity index (χ0) is 12.1. The van der Waals surface area contributed by atoms with Gasteiger partial charge in [-0.25, -0.2) is 15.0 Å². The zero-order valence-electron chi connectivity index (χ0n) is 10.1. The number of anilines is 1. The van der Waals surface area contributed by atoms with Gasteiger partial charge in [0, 0.05) is 22.8 Å². The average molecular weight is 248 g/mol. The number of nitrogens with one attached hydrogen (secondary N) is 1. The third kappa shape index (κ3) is 3.49. The lowest BCUT2D eigenvalue weighted by Crippen LogP contribution is -2.02. The summed E-state index contributed by atoms with van der Waals surface area (Å²) in [5.74, 6) is 0.872. The average Bonchev–Trinajstić information content (AvgIpc) is 2.74. The van der Waals surface area contributed by atoms with E-state index in [0.29, 0.717) is 0 Å². The van der Waals surface area contributed by atoms with Crippen LogP contribution in [0.5, 0.6) is 0 Å². The van der Waals surface area contributed by atoms with Gasteiger partial charge in [-0.1, -0.05) is 13.3 Å². The first-order chi connectivity index (χ1) is 8.28. The predicted molar refractivity (Wildman–Crippen MR) is 70.2 cm³/mol. The largest absolute Gasteiger partial charge is 0.363 e. The fraction of sp³-hybridized carbons (Fsp3) is 0.417. The highest BCUT2D eigenvalue weighted by atomic mass is 32.1. The maximum atomic E-state index is 4.40. The summed E-state index contributed by atoms with van der Waals surface area (Å²) in [5, 5.41) is 6.41. The Labute approximate surface area is 105 Å². The molecular weight excluding hydrogens is 232 g/mol. The molecule has 90 valence electrons. The van der Waals surface area contributed by atoms with Crippen molar-refractivity contribution in [2.45, 2.75) is 33.2 Å². The van der Waals surface area contributed by atoms with Gasteiger partial charge in [0.2, 0.25) is 0 Å². The Morgan fingerprint density at radius 3 is 2.94 bits per heavy atom. The van der Waals surface area contributed by atoms with Crippen molar-refractivity contribution >= 4 is 17.2 Å². The van der Waals surface area contributed by atoms with E-state index in [4.69, 9.17) is 0 Å².